The van der Waals surface area contributed by atoms with E-state index in [4.69, 9.17) is 15.6 Å². The molecule has 4 rings (SSSR count). The number of rotatable bonds is 11. The number of primary amides is 1. The lowest BCUT2D eigenvalue weighted by Crippen LogP contribution is -2.49. The summed E-state index contributed by atoms with van der Waals surface area (Å²) in [6.45, 7) is 4.60. The number of piperidine rings is 1. The van der Waals surface area contributed by atoms with Crippen LogP contribution in [0.1, 0.15) is 58.9 Å². The molecule has 0 radical (unpaired) electrons. The van der Waals surface area contributed by atoms with Crippen LogP contribution in [0.5, 0.6) is 11.6 Å². The Labute approximate surface area is 254 Å². The minimum atomic E-state index is -1.09. The fourth-order valence-corrected chi connectivity index (χ4v) is 4.80. The largest absolute Gasteiger partial charge is 0.478 e. The van der Waals surface area contributed by atoms with Gasteiger partial charge in [-0.3, -0.25) is 9.69 Å². The van der Waals surface area contributed by atoms with E-state index in [0.717, 1.165) is 37.6 Å². The van der Waals surface area contributed by atoms with E-state index >= 15 is 0 Å². The van der Waals surface area contributed by atoms with Crippen LogP contribution in [0.4, 0.5) is 19.3 Å². The molecule has 1 aliphatic heterocycles. The number of carboxylic acid groups (broad SMARTS) is 1. The van der Waals surface area contributed by atoms with Gasteiger partial charge in [0.2, 0.25) is 5.88 Å². The number of ether oxygens (including phenoxy) is 1. The molecule has 1 aromatic heterocycles. The number of hydrogen-bond donors (Lipinski definition) is 3. The van der Waals surface area contributed by atoms with Gasteiger partial charge in [-0.05, 0) is 55.2 Å². The predicted molar refractivity (Wildman–Crippen MR) is 159 cm³/mol. The van der Waals surface area contributed by atoms with Crippen LogP contribution in [0.2, 0.25) is 0 Å². The van der Waals surface area contributed by atoms with Crippen molar-refractivity contribution in [1.82, 2.24) is 14.8 Å². The van der Waals surface area contributed by atoms with Crippen LogP contribution in [-0.2, 0) is 6.54 Å². The molecule has 3 aromatic rings. The van der Waals surface area contributed by atoms with Crippen molar-refractivity contribution >= 4 is 36.0 Å². The number of nitrogens with two attached hydrogens (primary N) is 1. The van der Waals surface area contributed by atoms with Crippen LogP contribution in [0.15, 0.2) is 54.7 Å². The highest BCUT2D eigenvalue weighted by Gasteiger charge is 2.28. The monoisotopic (exact) mass is 617 g/mol. The number of nitrogens with zero attached hydrogens (tertiary/aromatic N) is 3. The zero-order valence-corrected chi connectivity index (χ0v) is 24.4. The molecule has 2 aromatic carbocycles. The summed E-state index contributed by atoms with van der Waals surface area (Å²) in [4.78, 5) is 44.0. The number of halogens is 3. The Morgan fingerprint density at radius 3 is 2.37 bits per heavy atom. The van der Waals surface area contributed by atoms with Gasteiger partial charge in [0.15, 0.2) is 0 Å². The molecule has 1 fully saturated rings. The first-order valence-electron chi connectivity index (χ1n) is 13.7. The topological polar surface area (TPSA) is 138 Å². The van der Waals surface area contributed by atoms with Gasteiger partial charge in [0.1, 0.15) is 17.4 Å². The summed E-state index contributed by atoms with van der Waals surface area (Å²) in [5, 5.41) is 11.5. The van der Waals surface area contributed by atoms with Crippen LogP contribution in [0, 0.1) is 11.6 Å². The second-order valence-electron chi connectivity index (χ2n) is 10.1. The molecule has 1 aliphatic rings. The summed E-state index contributed by atoms with van der Waals surface area (Å²) < 4.78 is 34.0. The van der Waals surface area contributed by atoms with Gasteiger partial charge in [-0.1, -0.05) is 19.4 Å². The van der Waals surface area contributed by atoms with Crippen LogP contribution < -0.4 is 15.8 Å². The van der Waals surface area contributed by atoms with Gasteiger partial charge in [0.25, 0.3) is 5.91 Å². The molecule has 10 nitrogen and oxygen atoms in total. The van der Waals surface area contributed by atoms with Crippen molar-refractivity contribution in [3.63, 3.8) is 0 Å². The molecule has 2 heterocycles. The van der Waals surface area contributed by atoms with E-state index in [2.05, 4.69) is 15.2 Å². The third kappa shape index (κ3) is 8.85. The quantitative estimate of drug-likeness (QED) is 0.252. The molecule has 0 spiro atoms. The number of anilines is 1. The second-order valence-corrected chi connectivity index (χ2v) is 10.1. The van der Waals surface area contributed by atoms with Crippen molar-refractivity contribution in [2.24, 2.45) is 5.73 Å². The molecule has 0 bridgehead atoms. The highest BCUT2D eigenvalue weighted by molar-refractivity contribution is 5.96. The van der Waals surface area contributed by atoms with Crippen LogP contribution >= 0.6 is 12.4 Å². The number of carbonyl (C=O) groups excluding carboxylic acids is 2. The Kier molecular flexibility index (Phi) is 11.8. The molecule has 43 heavy (non-hydrogen) atoms. The summed E-state index contributed by atoms with van der Waals surface area (Å²) in [5.41, 5.74) is 5.53. The Balaban J connectivity index is 0.00000506. The number of urea groups is 1. The number of nitrogens with one attached hydrogen (secondary N) is 1. The second kappa shape index (κ2) is 15.3. The number of aromatic nitrogens is 1. The average molecular weight is 618 g/mol. The van der Waals surface area contributed by atoms with E-state index < -0.39 is 35.1 Å². The summed E-state index contributed by atoms with van der Waals surface area (Å²) in [6.07, 6.45) is 4.76. The van der Waals surface area contributed by atoms with Gasteiger partial charge in [-0.15, -0.1) is 12.4 Å². The number of hydrogen-bond acceptors (Lipinski definition) is 6. The number of likely N-dealkylation sites (tertiary alicyclic amines) is 1. The van der Waals surface area contributed by atoms with Gasteiger partial charge < -0.3 is 25.8 Å². The SMILES string of the molecule is CCCCN(C(=O)Nc1cc(C(N)=O)c(F)cc1F)C1CCN(Cc2ccc(Oc3ccc(C(=O)O)cc3)nc2)CC1.Cl. The minimum Gasteiger partial charge on any atom is -0.478 e. The molecule has 0 saturated carbocycles. The van der Waals surface area contributed by atoms with E-state index in [1.165, 1.54) is 12.1 Å². The Morgan fingerprint density at radius 2 is 1.79 bits per heavy atom. The lowest BCUT2D eigenvalue weighted by atomic mass is 10.0. The van der Waals surface area contributed by atoms with Crippen molar-refractivity contribution in [3.8, 4) is 11.6 Å². The van der Waals surface area contributed by atoms with Crippen molar-refractivity contribution in [3.05, 3.63) is 83.1 Å². The number of carbonyl (C=O) groups is 3. The zero-order chi connectivity index (χ0) is 30.2. The maximum atomic E-state index is 14.4. The molecule has 13 heteroatoms. The smallest absolute Gasteiger partial charge is 0.335 e. The Morgan fingerprint density at radius 1 is 1.09 bits per heavy atom. The first-order valence-corrected chi connectivity index (χ1v) is 13.7. The number of amides is 3. The first kappa shape index (κ1) is 33.2. The minimum absolute atomic E-state index is 0. The fraction of sp³-hybridized carbons (Fsp3) is 0.333. The van der Waals surface area contributed by atoms with E-state index in [1.54, 1.807) is 29.3 Å². The summed E-state index contributed by atoms with van der Waals surface area (Å²) in [5.74, 6) is -3.27. The molecule has 3 amide bonds. The van der Waals surface area contributed by atoms with Gasteiger partial charge in [0, 0.05) is 50.6 Å². The van der Waals surface area contributed by atoms with Gasteiger partial charge in [-0.25, -0.2) is 23.4 Å². The molecular formula is C30H34ClF2N5O5. The highest BCUT2D eigenvalue weighted by Crippen LogP contribution is 2.24. The first-order chi connectivity index (χ1) is 20.1. The number of aromatic carboxylic acids is 1. The molecular weight excluding hydrogens is 584 g/mol. The number of carboxylic acids is 1. The molecule has 0 unspecified atom stereocenters. The summed E-state index contributed by atoms with van der Waals surface area (Å²) >= 11 is 0. The van der Waals surface area contributed by atoms with Gasteiger partial charge in [-0.2, -0.15) is 0 Å². The van der Waals surface area contributed by atoms with E-state index in [0.29, 0.717) is 43.6 Å². The molecule has 1 saturated heterocycles. The highest BCUT2D eigenvalue weighted by atomic mass is 35.5. The van der Waals surface area contributed by atoms with Crippen LogP contribution in [0.3, 0.4) is 0 Å². The number of benzene rings is 2. The molecule has 4 N–H and O–H groups in total. The van der Waals surface area contributed by atoms with Crippen molar-refractivity contribution in [2.45, 2.75) is 45.2 Å². The maximum absolute atomic E-state index is 14.4. The number of pyridine rings is 1. The Hall–Kier alpha value is -4.29. The molecule has 230 valence electrons. The van der Waals surface area contributed by atoms with Gasteiger partial charge in [0.05, 0.1) is 16.8 Å². The molecule has 0 aliphatic carbocycles. The summed E-state index contributed by atoms with van der Waals surface area (Å²) in [6, 6.07) is 10.6. The van der Waals surface area contributed by atoms with Crippen LogP contribution in [-0.4, -0.2) is 63.5 Å². The lowest BCUT2D eigenvalue weighted by Gasteiger charge is -2.38. The predicted octanol–water partition coefficient (Wildman–Crippen LogP) is 5.67. The standard InChI is InChI=1S/C30H33F2N5O5.ClH/c1-2-3-12-37(30(41)35-26-15-23(28(33)38)24(31)16-25(26)32)21-10-13-36(14-11-21)18-19-4-9-27(34-17-19)42-22-7-5-20(6-8-22)29(39)40;/h4-9,15-17,21H,2-3,10-14,18H2,1H3,(H2,33,38)(H,35,41)(H,39,40);1H. The van der Waals surface area contributed by atoms with Crippen LogP contribution in [0.25, 0.3) is 0 Å². The number of unbranched alkanes of at least 4 members (excludes halogenated alkanes) is 1. The lowest BCUT2D eigenvalue weighted by molar-refractivity contribution is 0.0696. The van der Waals surface area contributed by atoms with Crippen molar-refractivity contribution in [1.29, 1.82) is 0 Å². The third-order valence-electron chi connectivity index (χ3n) is 7.10. The van der Waals surface area contributed by atoms with E-state index in [1.807, 2.05) is 13.0 Å². The van der Waals surface area contributed by atoms with Gasteiger partial charge >= 0.3 is 12.0 Å². The maximum Gasteiger partial charge on any atom is 0.335 e. The van der Waals surface area contributed by atoms with Crippen molar-refractivity contribution < 1.29 is 33.0 Å². The zero-order valence-electron chi connectivity index (χ0n) is 23.6. The summed E-state index contributed by atoms with van der Waals surface area (Å²) in [7, 11) is 0. The average Bonchev–Trinajstić information content (AvgIpc) is 2.96. The third-order valence-corrected chi connectivity index (χ3v) is 7.10. The fourth-order valence-electron chi connectivity index (χ4n) is 4.80. The normalized spacial score (nSPS) is 13.6. The van der Waals surface area contributed by atoms with E-state index in [-0.39, 0.29) is 29.7 Å². The Bertz CT molecular complexity index is 1420. The van der Waals surface area contributed by atoms with Crippen molar-refractivity contribution in [2.75, 3.05) is 25.0 Å². The molecule has 0 atom stereocenters. The van der Waals surface area contributed by atoms with E-state index in [9.17, 15) is 23.2 Å².